The Morgan fingerprint density at radius 3 is 2.65 bits per heavy atom. The minimum absolute atomic E-state index is 0.0869. The van der Waals surface area contributed by atoms with Crippen LogP contribution in [0.5, 0.6) is 0 Å². The van der Waals surface area contributed by atoms with Crippen LogP contribution in [-0.4, -0.2) is 73.7 Å². The van der Waals surface area contributed by atoms with Gasteiger partial charge >= 0.3 is 0 Å². The number of hydrogen-bond donors (Lipinski definition) is 2. The van der Waals surface area contributed by atoms with E-state index in [2.05, 4.69) is 30.4 Å². The SMILES string of the molecule is CCn1ccc(-c2ccc(-c3cnn4cc(C=O)c([C@]5(N)C[C@H]6CC[C@@H](C5)N6C(=O)c5nnc[nH]5)nc34)cn2)n1. The summed E-state index contributed by atoms with van der Waals surface area (Å²) in [7, 11) is 0. The summed E-state index contributed by atoms with van der Waals surface area (Å²) < 4.78 is 3.45. The molecule has 0 radical (unpaired) electrons. The third kappa shape index (κ3) is 3.80. The number of H-pyrrole nitrogens is 1. The Bertz CT molecular complexity index is 1710. The molecule has 0 saturated carbocycles. The summed E-state index contributed by atoms with van der Waals surface area (Å²) in [4.78, 5) is 39.6. The first-order valence-electron chi connectivity index (χ1n) is 13.3. The van der Waals surface area contributed by atoms with Gasteiger partial charge in [-0.2, -0.15) is 10.2 Å². The zero-order valence-electron chi connectivity index (χ0n) is 21.8. The van der Waals surface area contributed by atoms with E-state index in [1.165, 1.54) is 6.33 Å². The van der Waals surface area contributed by atoms with Crippen molar-refractivity contribution in [1.82, 2.24) is 49.4 Å². The number of nitrogens with two attached hydrogens (primary N) is 1. The first kappa shape index (κ1) is 24.3. The number of piperidine rings is 1. The monoisotopic (exact) mass is 537 g/mol. The molecule has 2 aliphatic rings. The molecule has 3 N–H and O–H groups in total. The lowest BCUT2D eigenvalue weighted by Gasteiger charge is -2.44. The van der Waals surface area contributed by atoms with Crippen LogP contribution in [0.15, 0.2) is 49.3 Å². The molecule has 5 aromatic heterocycles. The fourth-order valence-corrected chi connectivity index (χ4v) is 6.24. The Morgan fingerprint density at radius 1 is 1.18 bits per heavy atom. The molecule has 13 nitrogen and oxygen atoms in total. The lowest BCUT2D eigenvalue weighted by molar-refractivity contribution is 0.0462. The molecular weight excluding hydrogens is 510 g/mol. The molecule has 0 aromatic carbocycles. The van der Waals surface area contributed by atoms with Crippen molar-refractivity contribution in [3.8, 4) is 22.5 Å². The highest BCUT2D eigenvalue weighted by Gasteiger charge is 2.51. The van der Waals surface area contributed by atoms with Crippen LogP contribution < -0.4 is 5.73 Å². The number of nitrogens with one attached hydrogen (secondary N) is 1. The number of aromatic amines is 1. The third-order valence-corrected chi connectivity index (χ3v) is 8.10. The van der Waals surface area contributed by atoms with E-state index in [0.29, 0.717) is 29.7 Å². The van der Waals surface area contributed by atoms with Gasteiger partial charge in [0, 0.05) is 48.3 Å². The zero-order valence-corrected chi connectivity index (χ0v) is 21.8. The van der Waals surface area contributed by atoms with E-state index in [9.17, 15) is 9.59 Å². The van der Waals surface area contributed by atoms with Crippen LogP contribution >= 0.6 is 0 Å². The third-order valence-electron chi connectivity index (χ3n) is 8.10. The van der Waals surface area contributed by atoms with Crippen molar-refractivity contribution in [2.75, 3.05) is 0 Å². The van der Waals surface area contributed by atoms with Gasteiger partial charge in [0.1, 0.15) is 12.0 Å². The Hall–Kier alpha value is -4.78. The summed E-state index contributed by atoms with van der Waals surface area (Å²) in [6.07, 6.45) is 11.9. The van der Waals surface area contributed by atoms with Gasteiger partial charge in [0.05, 0.1) is 28.7 Å². The minimum atomic E-state index is -0.885. The summed E-state index contributed by atoms with van der Waals surface area (Å²) in [5.74, 6) is 0.0401. The van der Waals surface area contributed by atoms with E-state index in [4.69, 9.17) is 10.7 Å². The number of hydrogen-bond acceptors (Lipinski definition) is 9. The highest BCUT2D eigenvalue weighted by molar-refractivity contribution is 5.91. The summed E-state index contributed by atoms with van der Waals surface area (Å²) in [5, 5.41) is 16.6. The Kier molecular flexibility index (Phi) is 5.56. The second-order valence-corrected chi connectivity index (χ2v) is 10.5. The van der Waals surface area contributed by atoms with Crippen LogP contribution in [0.1, 0.15) is 59.3 Å². The van der Waals surface area contributed by atoms with Crippen molar-refractivity contribution >= 4 is 17.8 Å². The second kappa shape index (κ2) is 9.16. The average molecular weight is 538 g/mol. The van der Waals surface area contributed by atoms with Gasteiger partial charge in [-0.05, 0) is 44.7 Å². The molecule has 40 heavy (non-hydrogen) atoms. The van der Waals surface area contributed by atoms with Gasteiger partial charge in [0.15, 0.2) is 11.9 Å². The number of nitrogens with zero attached hydrogens (tertiary/aromatic N) is 9. The summed E-state index contributed by atoms with van der Waals surface area (Å²) >= 11 is 0. The number of carbonyl (C=O) groups is 2. The molecule has 5 aromatic rings. The van der Waals surface area contributed by atoms with Crippen LogP contribution in [0, 0.1) is 0 Å². The topological polar surface area (TPSA) is 166 Å². The predicted octanol–water partition coefficient (Wildman–Crippen LogP) is 2.23. The fourth-order valence-electron chi connectivity index (χ4n) is 6.24. The number of fused-ring (bicyclic) bond motifs is 3. The van der Waals surface area contributed by atoms with E-state index < -0.39 is 5.54 Å². The van der Waals surface area contributed by atoms with E-state index >= 15 is 0 Å². The van der Waals surface area contributed by atoms with Crippen molar-refractivity contribution in [2.45, 2.75) is 56.8 Å². The molecule has 2 saturated heterocycles. The zero-order chi connectivity index (χ0) is 27.4. The fraction of sp³-hybridized carbons (Fsp3) is 0.333. The van der Waals surface area contributed by atoms with Gasteiger partial charge in [-0.25, -0.2) is 9.50 Å². The largest absolute Gasteiger partial charge is 0.330 e. The highest BCUT2D eigenvalue weighted by atomic mass is 16.2. The van der Waals surface area contributed by atoms with Crippen LogP contribution in [0.2, 0.25) is 0 Å². The maximum Gasteiger partial charge on any atom is 0.292 e. The Balaban J connectivity index is 1.23. The molecule has 3 atom stereocenters. The van der Waals surface area contributed by atoms with Crippen LogP contribution in [0.3, 0.4) is 0 Å². The Morgan fingerprint density at radius 2 is 2.00 bits per heavy atom. The first-order valence-corrected chi connectivity index (χ1v) is 13.3. The lowest BCUT2D eigenvalue weighted by Crippen LogP contribution is -2.56. The molecule has 13 heteroatoms. The van der Waals surface area contributed by atoms with E-state index in [1.807, 2.05) is 40.9 Å². The van der Waals surface area contributed by atoms with Crippen molar-refractivity contribution in [1.29, 1.82) is 0 Å². The molecule has 7 rings (SSSR count). The number of aromatic nitrogens is 9. The van der Waals surface area contributed by atoms with Crippen molar-refractivity contribution in [3.63, 3.8) is 0 Å². The molecule has 0 unspecified atom stereocenters. The van der Waals surface area contributed by atoms with Crippen molar-refractivity contribution in [3.05, 3.63) is 66.4 Å². The van der Waals surface area contributed by atoms with E-state index in [0.717, 1.165) is 48.2 Å². The maximum absolute atomic E-state index is 13.1. The first-order chi connectivity index (χ1) is 19.5. The smallest absolute Gasteiger partial charge is 0.292 e. The van der Waals surface area contributed by atoms with Crippen LogP contribution in [-0.2, 0) is 12.1 Å². The van der Waals surface area contributed by atoms with Gasteiger partial charge in [-0.15, -0.1) is 10.2 Å². The van der Waals surface area contributed by atoms with Crippen LogP contribution in [0.4, 0.5) is 0 Å². The molecule has 2 aliphatic heterocycles. The summed E-state index contributed by atoms with van der Waals surface area (Å²) in [5.41, 5.74) is 10.9. The number of pyridine rings is 1. The quantitative estimate of drug-likeness (QED) is 0.309. The number of rotatable bonds is 6. The second-order valence-electron chi connectivity index (χ2n) is 10.5. The van der Waals surface area contributed by atoms with Gasteiger partial charge in [-0.1, -0.05) is 6.07 Å². The molecule has 2 bridgehead atoms. The standard InChI is InChI=1S/C27H27N11O2/c1-2-36-8-7-22(35-36)21-6-3-16(11-29-21)20-12-32-37-13-17(14-39)23(33-25(20)37)27(28)9-18-4-5-19(10-27)38(18)26(40)24-30-15-31-34-24/h3,6-8,11-15,18-19H,2,4-5,9-10,28H2,1H3,(H,30,31,34)/t18-,19+,27+. The molecule has 1 amide bonds. The maximum atomic E-state index is 13.1. The molecule has 0 aliphatic carbocycles. The number of aldehydes is 1. The molecule has 2 fully saturated rings. The summed E-state index contributed by atoms with van der Waals surface area (Å²) in [6.45, 7) is 2.82. The number of carbonyl (C=O) groups excluding carboxylic acids is 2. The number of amides is 1. The van der Waals surface area contributed by atoms with Gasteiger partial charge in [0.2, 0.25) is 5.82 Å². The normalized spacial score (nSPS) is 22.2. The molecule has 0 spiro atoms. The number of aryl methyl sites for hydroxylation is 1. The van der Waals surface area contributed by atoms with E-state index in [1.54, 1.807) is 23.1 Å². The molecule has 202 valence electrons. The minimum Gasteiger partial charge on any atom is -0.330 e. The molecular formula is C27H27N11O2. The Labute approximate surface area is 228 Å². The van der Waals surface area contributed by atoms with E-state index in [-0.39, 0.29) is 23.8 Å². The lowest BCUT2D eigenvalue weighted by atomic mass is 9.79. The predicted molar refractivity (Wildman–Crippen MR) is 143 cm³/mol. The summed E-state index contributed by atoms with van der Waals surface area (Å²) in [6, 6.07) is 5.65. The van der Waals surface area contributed by atoms with Gasteiger partial charge in [0.25, 0.3) is 5.91 Å². The molecule has 7 heterocycles. The van der Waals surface area contributed by atoms with Crippen LogP contribution in [0.25, 0.3) is 28.2 Å². The van der Waals surface area contributed by atoms with Crippen molar-refractivity contribution in [2.24, 2.45) is 5.73 Å². The van der Waals surface area contributed by atoms with Gasteiger partial charge < -0.3 is 15.6 Å². The average Bonchev–Trinajstić information content (AvgIpc) is 3.78. The highest BCUT2D eigenvalue weighted by Crippen LogP contribution is 2.45. The van der Waals surface area contributed by atoms with Crippen molar-refractivity contribution < 1.29 is 9.59 Å². The van der Waals surface area contributed by atoms with Gasteiger partial charge in [-0.3, -0.25) is 19.3 Å².